The molecule has 6 nitrogen and oxygen atoms in total. The minimum Gasteiger partial charge on any atom is -0.338 e. The van der Waals surface area contributed by atoms with Crippen LogP contribution in [0.5, 0.6) is 0 Å². The van der Waals surface area contributed by atoms with Crippen molar-refractivity contribution in [2.24, 2.45) is 0 Å². The second-order valence-corrected chi connectivity index (χ2v) is 5.35. The van der Waals surface area contributed by atoms with Gasteiger partial charge in [0.2, 0.25) is 5.91 Å². The summed E-state index contributed by atoms with van der Waals surface area (Å²) in [4.78, 5) is 36.7. The third-order valence-corrected chi connectivity index (χ3v) is 3.57. The fraction of sp³-hybridized carbons (Fsp3) is 0.438. The third-order valence-electron chi connectivity index (χ3n) is 3.57. The van der Waals surface area contributed by atoms with Gasteiger partial charge in [-0.15, -0.1) is 0 Å². The van der Waals surface area contributed by atoms with Crippen LogP contribution < -0.4 is 10.6 Å². The van der Waals surface area contributed by atoms with Crippen LogP contribution in [0.15, 0.2) is 30.3 Å². The van der Waals surface area contributed by atoms with Crippen LogP contribution in [0.25, 0.3) is 0 Å². The van der Waals surface area contributed by atoms with Crippen molar-refractivity contribution in [2.45, 2.75) is 38.8 Å². The van der Waals surface area contributed by atoms with E-state index in [1.54, 1.807) is 4.90 Å². The fourth-order valence-corrected chi connectivity index (χ4v) is 2.45. The second kappa shape index (κ2) is 7.59. The first-order valence-corrected chi connectivity index (χ1v) is 7.53. The van der Waals surface area contributed by atoms with E-state index in [4.69, 9.17) is 0 Å². The predicted octanol–water partition coefficient (Wildman–Crippen LogP) is 1.41. The molecule has 1 unspecified atom stereocenters. The molecule has 2 N–H and O–H groups in total. The lowest BCUT2D eigenvalue weighted by Crippen LogP contribution is -2.34. The lowest BCUT2D eigenvalue weighted by atomic mass is 10.1. The molecule has 22 heavy (non-hydrogen) atoms. The Kier molecular flexibility index (Phi) is 5.52. The van der Waals surface area contributed by atoms with Crippen molar-refractivity contribution < 1.29 is 14.4 Å². The zero-order chi connectivity index (χ0) is 15.9. The van der Waals surface area contributed by atoms with Crippen molar-refractivity contribution >= 4 is 17.8 Å². The first kappa shape index (κ1) is 16.0. The second-order valence-electron chi connectivity index (χ2n) is 5.35. The SMILES string of the molecule is CCCN(Cc1ccccc1)C(=O)CCC1NC(=O)NC1=O. The van der Waals surface area contributed by atoms with E-state index in [2.05, 4.69) is 10.6 Å². The Bertz CT molecular complexity index is 545. The maximum Gasteiger partial charge on any atom is 0.322 e. The van der Waals surface area contributed by atoms with E-state index in [1.807, 2.05) is 37.3 Å². The van der Waals surface area contributed by atoms with Crippen molar-refractivity contribution in [3.05, 3.63) is 35.9 Å². The molecule has 0 radical (unpaired) electrons. The lowest BCUT2D eigenvalue weighted by Gasteiger charge is -2.22. The van der Waals surface area contributed by atoms with Crippen molar-refractivity contribution in [2.75, 3.05) is 6.54 Å². The van der Waals surface area contributed by atoms with Crippen molar-refractivity contribution in [3.8, 4) is 0 Å². The van der Waals surface area contributed by atoms with Crippen LogP contribution in [-0.2, 0) is 16.1 Å². The molecule has 1 aliphatic rings. The Balaban J connectivity index is 1.89. The van der Waals surface area contributed by atoms with Crippen LogP contribution in [0.3, 0.4) is 0 Å². The van der Waals surface area contributed by atoms with Crippen LogP contribution >= 0.6 is 0 Å². The molecular weight excluding hydrogens is 282 g/mol. The Labute approximate surface area is 129 Å². The average molecular weight is 303 g/mol. The number of urea groups is 1. The lowest BCUT2D eigenvalue weighted by molar-refractivity contribution is -0.132. The van der Waals surface area contributed by atoms with E-state index < -0.39 is 12.1 Å². The van der Waals surface area contributed by atoms with Crippen molar-refractivity contribution in [1.29, 1.82) is 0 Å². The molecule has 1 aliphatic heterocycles. The number of carbonyl (C=O) groups is 3. The summed E-state index contributed by atoms with van der Waals surface area (Å²) in [5, 5.41) is 4.68. The zero-order valence-electron chi connectivity index (χ0n) is 12.7. The number of hydrogen-bond acceptors (Lipinski definition) is 3. The molecule has 0 aromatic heterocycles. The quantitative estimate of drug-likeness (QED) is 0.748. The fourth-order valence-electron chi connectivity index (χ4n) is 2.45. The van der Waals surface area contributed by atoms with Gasteiger partial charge in [-0.2, -0.15) is 0 Å². The molecule has 1 aromatic carbocycles. The Morgan fingerprint density at radius 2 is 1.95 bits per heavy atom. The van der Waals surface area contributed by atoms with Crippen LogP contribution in [-0.4, -0.2) is 35.3 Å². The number of nitrogens with one attached hydrogen (secondary N) is 2. The summed E-state index contributed by atoms with van der Waals surface area (Å²) in [6.07, 6.45) is 1.44. The number of carbonyl (C=O) groups excluding carboxylic acids is 3. The van der Waals surface area contributed by atoms with Gasteiger partial charge in [0.25, 0.3) is 5.91 Å². The summed E-state index contributed by atoms with van der Waals surface area (Å²) in [5.74, 6) is -0.359. The monoisotopic (exact) mass is 303 g/mol. The summed E-state index contributed by atoms with van der Waals surface area (Å²) in [7, 11) is 0. The summed E-state index contributed by atoms with van der Waals surface area (Å²) >= 11 is 0. The van der Waals surface area contributed by atoms with Crippen molar-refractivity contribution in [3.63, 3.8) is 0 Å². The third kappa shape index (κ3) is 4.31. The highest BCUT2D eigenvalue weighted by molar-refractivity contribution is 6.04. The van der Waals surface area contributed by atoms with Gasteiger partial charge >= 0.3 is 6.03 Å². The average Bonchev–Trinajstić information content (AvgIpc) is 2.83. The summed E-state index contributed by atoms with van der Waals surface area (Å²) in [6.45, 7) is 3.27. The van der Waals surface area contributed by atoms with Crippen molar-refractivity contribution in [1.82, 2.24) is 15.5 Å². The first-order valence-electron chi connectivity index (χ1n) is 7.53. The van der Waals surface area contributed by atoms with Crippen LogP contribution in [0.2, 0.25) is 0 Å². The Hall–Kier alpha value is -2.37. The number of hydrogen-bond donors (Lipinski definition) is 2. The molecule has 1 heterocycles. The number of amides is 4. The topological polar surface area (TPSA) is 78.5 Å². The largest absolute Gasteiger partial charge is 0.338 e. The maximum absolute atomic E-state index is 12.4. The van der Waals surface area contributed by atoms with Gasteiger partial charge in [0, 0.05) is 19.5 Å². The molecule has 2 rings (SSSR count). The number of rotatable bonds is 7. The number of nitrogens with zero attached hydrogens (tertiary/aromatic N) is 1. The number of imide groups is 1. The first-order chi connectivity index (χ1) is 10.6. The van der Waals surface area contributed by atoms with E-state index in [0.717, 1.165) is 12.0 Å². The van der Waals surface area contributed by atoms with Crippen LogP contribution in [0.4, 0.5) is 4.79 Å². The van der Waals surface area contributed by atoms with E-state index in [-0.39, 0.29) is 18.2 Å². The van der Waals surface area contributed by atoms with Gasteiger partial charge in [-0.25, -0.2) is 4.79 Å². The molecule has 4 amide bonds. The van der Waals surface area contributed by atoms with Gasteiger partial charge in [0.1, 0.15) is 6.04 Å². The Morgan fingerprint density at radius 3 is 2.55 bits per heavy atom. The minimum absolute atomic E-state index is 0.000322. The van der Waals surface area contributed by atoms with Gasteiger partial charge in [0.15, 0.2) is 0 Å². The molecular formula is C16H21N3O3. The minimum atomic E-state index is -0.600. The van der Waals surface area contributed by atoms with Gasteiger partial charge < -0.3 is 10.2 Å². The van der Waals surface area contributed by atoms with Crippen LogP contribution in [0, 0.1) is 0 Å². The normalized spacial score (nSPS) is 17.0. The highest BCUT2D eigenvalue weighted by Crippen LogP contribution is 2.10. The molecule has 1 aromatic rings. The van der Waals surface area contributed by atoms with Gasteiger partial charge in [-0.1, -0.05) is 37.3 Å². The molecule has 0 bridgehead atoms. The summed E-state index contributed by atoms with van der Waals surface area (Å²) < 4.78 is 0. The van der Waals surface area contributed by atoms with E-state index in [1.165, 1.54) is 0 Å². The molecule has 6 heteroatoms. The predicted molar refractivity (Wildman–Crippen MR) is 81.8 cm³/mol. The molecule has 0 spiro atoms. The van der Waals surface area contributed by atoms with E-state index in [0.29, 0.717) is 19.5 Å². The van der Waals surface area contributed by atoms with Gasteiger partial charge in [0.05, 0.1) is 0 Å². The molecule has 118 valence electrons. The molecule has 0 saturated carbocycles. The molecule has 0 aliphatic carbocycles. The number of benzene rings is 1. The summed E-state index contributed by atoms with van der Waals surface area (Å²) in [5.41, 5.74) is 1.08. The highest BCUT2D eigenvalue weighted by atomic mass is 16.2. The standard InChI is InChI=1S/C16H21N3O3/c1-2-10-19(11-12-6-4-3-5-7-12)14(20)9-8-13-15(21)18-16(22)17-13/h3-7,13H,2,8-11H2,1H3,(H2,17,18,21,22). The zero-order valence-corrected chi connectivity index (χ0v) is 12.7. The van der Waals surface area contributed by atoms with E-state index >= 15 is 0 Å². The van der Waals surface area contributed by atoms with Crippen LogP contribution in [0.1, 0.15) is 31.7 Å². The maximum atomic E-state index is 12.4. The van der Waals surface area contributed by atoms with E-state index in [9.17, 15) is 14.4 Å². The van der Waals surface area contributed by atoms with Gasteiger partial charge in [-0.3, -0.25) is 14.9 Å². The Morgan fingerprint density at radius 1 is 1.23 bits per heavy atom. The van der Waals surface area contributed by atoms with Gasteiger partial charge in [-0.05, 0) is 18.4 Å². The smallest absolute Gasteiger partial charge is 0.322 e. The summed E-state index contributed by atoms with van der Waals surface area (Å²) in [6, 6.07) is 8.72. The molecule has 1 atom stereocenters. The molecule has 1 saturated heterocycles. The molecule has 1 fully saturated rings. The highest BCUT2D eigenvalue weighted by Gasteiger charge is 2.30.